The number of halogens is 3. The summed E-state index contributed by atoms with van der Waals surface area (Å²) >= 11 is 0. The highest BCUT2D eigenvalue weighted by molar-refractivity contribution is 5.25. The molecule has 0 unspecified atom stereocenters. The predicted molar refractivity (Wildman–Crippen MR) is 73.4 cm³/mol. The van der Waals surface area contributed by atoms with Gasteiger partial charge in [0, 0.05) is 12.6 Å². The number of rotatable bonds is 4. The fourth-order valence-corrected chi connectivity index (χ4v) is 2.69. The first-order valence-corrected chi connectivity index (χ1v) is 7.11. The highest BCUT2D eigenvalue weighted by Gasteiger charge is 2.30. The molecule has 1 heterocycles. The number of hydrogen-bond acceptors (Lipinski definition) is 2. The van der Waals surface area contributed by atoms with E-state index in [2.05, 4.69) is 17.1 Å². The lowest BCUT2D eigenvalue weighted by Gasteiger charge is -2.32. The second kappa shape index (κ2) is 6.59. The molecule has 0 atom stereocenters. The number of nitrogens with zero attached hydrogens (tertiary/aromatic N) is 1. The molecule has 0 saturated carbocycles. The van der Waals surface area contributed by atoms with Crippen molar-refractivity contribution < 1.29 is 13.2 Å². The molecule has 2 nitrogen and oxygen atoms in total. The molecule has 0 aliphatic carbocycles. The first-order chi connectivity index (χ1) is 9.49. The summed E-state index contributed by atoms with van der Waals surface area (Å²) in [4.78, 5) is 2.23. The van der Waals surface area contributed by atoms with Crippen LogP contribution in [-0.2, 0) is 12.7 Å². The maximum atomic E-state index is 12.7. The Morgan fingerprint density at radius 2 is 1.95 bits per heavy atom. The van der Waals surface area contributed by atoms with E-state index in [1.54, 1.807) is 6.07 Å². The highest BCUT2D eigenvalue weighted by atomic mass is 19.4. The van der Waals surface area contributed by atoms with Crippen molar-refractivity contribution in [3.05, 3.63) is 35.4 Å². The standard InChI is InChI=1S/C15H21F3N2/c1-2-19-14-6-8-20(9-7-14)11-12-4-3-5-13(10-12)15(16,17)18/h3-5,10,14,19H,2,6-9,11H2,1H3. The molecule has 0 spiro atoms. The Morgan fingerprint density at radius 3 is 2.55 bits per heavy atom. The summed E-state index contributed by atoms with van der Waals surface area (Å²) in [6.45, 7) is 5.54. The van der Waals surface area contributed by atoms with E-state index in [0.29, 0.717) is 12.6 Å². The van der Waals surface area contributed by atoms with Crippen LogP contribution in [0.15, 0.2) is 24.3 Å². The third-order valence-electron chi connectivity index (χ3n) is 3.74. The van der Waals surface area contributed by atoms with Crippen molar-refractivity contribution in [2.45, 2.75) is 38.5 Å². The Hall–Kier alpha value is -1.07. The molecular weight excluding hydrogens is 265 g/mol. The fraction of sp³-hybridized carbons (Fsp3) is 0.600. The summed E-state index contributed by atoms with van der Waals surface area (Å²) in [5, 5.41) is 3.42. The summed E-state index contributed by atoms with van der Waals surface area (Å²) < 4.78 is 38.0. The smallest absolute Gasteiger partial charge is 0.314 e. The van der Waals surface area contributed by atoms with Crippen LogP contribution in [0.5, 0.6) is 0 Å². The van der Waals surface area contributed by atoms with Crippen LogP contribution in [0.1, 0.15) is 30.9 Å². The van der Waals surface area contributed by atoms with Crippen LogP contribution in [0.25, 0.3) is 0 Å². The summed E-state index contributed by atoms with van der Waals surface area (Å²) in [6, 6.07) is 6.20. The second-order valence-electron chi connectivity index (χ2n) is 5.31. The average Bonchev–Trinajstić information content (AvgIpc) is 2.41. The molecule has 1 N–H and O–H groups in total. The van der Waals surface area contributed by atoms with E-state index >= 15 is 0 Å². The Balaban J connectivity index is 1.91. The number of benzene rings is 1. The van der Waals surface area contributed by atoms with Crippen molar-refractivity contribution >= 4 is 0 Å². The van der Waals surface area contributed by atoms with Gasteiger partial charge in [-0.1, -0.05) is 25.1 Å². The van der Waals surface area contributed by atoms with E-state index in [-0.39, 0.29) is 0 Å². The van der Waals surface area contributed by atoms with Crippen LogP contribution < -0.4 is 5.32 Å². The van der Waals surface area contributed by atoms with E-state index in [1.165, 1.54) is 12.1 Å². The van der Waals surface area contributed by atoms with Gasteiger partial charge in [-0.05, 0) is 44.1 Å². The van der Waals surface area contributed by atoms with Crippen molar-refractivity contribution in [2.24, 2.45) is 0 Å². The van der Waals surface area contributed by atoms with Crippen LogP contribution >= 0.6 is 0 Å². The van der Waals surface area contributed by atoms with Gasteiger partial charge in [0.2, 0.25) is 0 Å². The fourth-order valence-electron chi connectivity index (χ4n) is 2.69. The minimum Gasteiger partial charge on any atom is -0.314 e. The van der Waals surface area contributed by atoms with Gasteiger partial charge in [0.05, 0.1) is 5.56 Å². The lowest BCUT2D eigenvalue weighted by Crippen LogP contribution is -2.42. The maximum Gasteiger partial charge on any atom is 0.416 e. The number of nitrogens with one attached hydrogen (secondary N) is 1. The molecule has 20 heavy (non-hydrogen) atoms. The van der Waals surface area contributed by atoms with E-state index in [0.717, 1.165) is 44.1 Å². The monoisotopic (exact) mass is 286 g/mol. The molecule has 0 amide bonds. The van der Waals surface area contributed by atoms with E-state index < -0.39 is 11.7 Å². The molecule has 1 fully saturated rings. The molecule has 1 saturated heterocycles. The first-order valence-electron chi connectivity index (χ1n) is 7.11. The average molecular weight is 286 g/mol. The SMILES string of the molecule is CCNC1CCN(Cc2cccc(C(F)(F)F)c2)CC1. The van der Waals surface area contributed by atoms with Crippen molar-refractivity contribution in [3.63, 3.8) is 0 Å². The lowest BCUT2D eigenvalue weighted by molar-refractivity contribution is -0.137. The molecule has 112 valence electrons. The van der Waals surface area contributed by atoms with Gasteiger partial charge in [0.15, 0.2) is 0 Å². The first kappa shape index (κ1) is 15.3. The zero-order chi connectivity index (χ0) is 14.6. The summed E-state index contributed by atoms with van der Waals surface area (Å²) in [5.74, 6) is 0. The number of piperidine rings is 1. The normalized spacial score (nSPS) is 18.4. The van der Waals surface area contributed by atoms with Crippen LogP contribution in [0.4, 0.5) is 13.2 Å². The van der Waals surface area contributed by atoms with Gasteiger partial charge in [-0.25, -0.2) is 0 Å². The molecule has 1 aromatic rings. The number of hydrogen-bond donors (Lipinski definition) is 1. The molecule has 1 aliphatic heterocycles. The Kier molecular flexibility index (Phi) is 5.05. The maximum absolute atomic E-state index is 12.7. The molecular formula is C15H21F3N2. The van der Waals surface area contributed by atoms with E-state index in [4.69, 9.17) is 0 Å². The number of likely N-dealkylation sites (tertiary alicyclic amines) is 1. The molecule has 0 radical (unpaired) electrons. The molecule has 2 rings (SSSR count). The van der Waals surface area contributed by atoms with Crippen LogP contribution in [0.3, 0.4) is 0 Å². The van der Waals surface area contributed by atoms with Crippen molar-refractivity contribution in [3.8, 4) is 0 Å². The van der Waals surface area contributed by atoms with Crippen LogP contribution in [0.2, 0.25) is 0 Å². The molecule has 0 aromatic heterocycles. The van der Waals surface area contributed by atoms with Gasteiger partial charge in [-0.2, -0.15) is 13.2 Å². The minimum absolute atomic E-state index is 0.553. The van der Waals surface area contributed by atoms with Gasteiger partial charge in [-0.15, -0.1) is 0 Å². The topological polar surface area (TPSA) is 15.3 Å². The van der Waals surface area contributed by atoms with Crippen LogP contribution in [-0.4, -0.2) is 30.6 Å². The minimum atomic E-state index is -4.26. The third kappa shape index (κ3) is 4.21. The zero-order valence-electron chi connectivity index (χ0n) is 11.7. The largest absolute Gasteiger partial charge is 0.416 e. The lowest BCUT2D eigenvalue weighted by atomic mass is 10.0. The summed E-state index contributed by atoms with van der Waals surface area (Å²) in [7, 11) is 0. The second-order valence-corrected chi connectivity index (χ2v) is 5.31. The van der Waals surface area contributed by atoms with Crippen molar-refractivity contribution in [1.29, 1.82) is 0 Å². The van der Waals surface area contributed by atoms with Gasteiger partial charge >= 0.3 is 6.18 Å². The van der Waals surface area contributed by atoms with Gasteiger partial charge in [0.25, 0.3) is 0 Å². The van der Waals surface area contributed by atoms with Crippen molar-refractivity contribution in [2.75, 3.05) is 19.6 Å². The van der Waals surface area contributed by atoms with E-state index in [1.807, 2.05) is 0 Å². The van der Waals surface area contributed by atoms with Crippen molar-refractivity contribution in [1.82, 2.24) is 10.2 Å². The number of alkyl halides is 3. The Morgan fingerprint density at radius 1 is 1.25 bits per heavy atom. The summed E-state index contributed by atoms with van der Waals surface area (Å²) in [5.41, 5.74) is 0.180. The highest BCUT2D eigenvalue weighted by Crippen LogP contribution is 2.29. The molecule has 1 aromatic carbocycles. The molecule has 5 heteroatoms. The van der Waals surface area contributed by atoms with Gasteiger partial charge in [-0.3, -0.25) is 4.90 Å². The quantitative estimate of drug-likeness (QED) is 0.914. The van der Waals surface area contributed by atoms with Crippen LogP contribution in [0, 0.1) is 0 Å². The summed E-state index contributed by atoms with van der Waals surface area (Å²) in [6.07, 6.45) is -2.13. The van der Waals surface area contributed by atoms with Gasteiger partial charge < -0.3 is 5.32 Å². The Labute approximate surface area is 118 Å². The molecule has 0 bridgehead atoms. The van der Waals surface area contributed by atoms with E-state index in [9.17, 15) is 13.2 Å². The Bertz CT molecular complexity index is 423. The molecule has 1 aliphatic rings. The van der Waals surface area contributed by atoms with Gasteiger partial charge in [0.1, 0.15) is 0 Å². The zero-order valence-corrected chi connectivity index (χ0v) is 11.7. The predicted octanol–water partition coefficient (Wildman–Crippen LogP) is 3.28. The third-order valence-corrected chi connectivity index (χ3v) is 3.74.